The topological polar surface area (TPSA) is 69.6 Å². The summed E-state index contributed by atoms with van der Waals surface area (Å²) in [5, 5.41) is 22.8. The summed E-state index contributed by atoms with van der Waals surface area (Å²) in [7, 11) is 0. The fourth-order valence-electron chi connectivity index (χ4n) is 2.70. The van der Waals surface area contributed by atoms with Crippen LogP contribution in [0.5, 0.6) is 0 Å². The second-order valence-electron chi connectivity index (χ2n) is 6.32. The zero-order chi connectivity index (χ0) is 13.8. The van der Waals surface area contributed by atoms with Crippen LogP contribution < -0.4 is 5.32 Å². The van der Waals surface area contributed by atoms with Gasteiger partial charge in [0.05, 0.1) is 11.5 Å². The lowest BCUT2D eigenvalue weighted by Crippen LogP contribution is -2.50. The number of aliphatic carboxylic acids is 1. The Kier molecular flexibility index (Phi) is 5.17. The Morgan fingerprint density at radius 2 is 1.94 bits per heavy atom. The number of aliphatic hydroxyl groups is 1. The van der Waals surface area contributed by atoms with Crippen molar-refractivity contribution in [1.82, 2.24) is 5.32 Å². The van der Waals surface area contributed by atoms with Gasteiger partial charge in [-0.1, -0.05) is 13.3 Å². The van der Waals surface area contributed by atoms with Gasteiger partial charge in [0.25, 0.3) is 0 Å². The van der Waals surface area contributed by atoms with Gasteiger partial charge in [0.15, 0.2) is 0 Å². The first-order chi connectivity index (χ1) is 8.28. The molecule has 0 amide bonds. The van der Waals surface area contributed by atoms with Crippen LogP contribution >= 0.6 is 0 Å². The molecule has 0 aromatic heterocycles. The number of hydrogen-bond donors (Lipinski definition) is 3. The molecule has 0 radical (unpaired) electrons. The molecule has 0 bridgehead atoms. The van der Waals surface area contributed by atoms with Crippen LogP contribution in [0.3, 0.4) is 0 Å². The van der Waals surface area contributed by atoms with E-state index in [1.165, 1.54) is 0 Å². The van der Waals surface area contributed by atoms with Crippen molar-refractivity contribution in [3.05, 3.63) is 0 Å². The Hall–Kier alpha value is -0.610. The minimum atomic E-state index is -0.726. The minimum Gasteiger partial charge on any atom is -0.481 e. The molecule has 0 aromatic carbocycles. The van der Waals surface area contributed by atoms with E-state index in [2.05, 4.69) is 26.1 Å². The van der Waals surface area contributed by atoms with Crippen LogP contribution in [0.2, 0.25) is 0 Å². The maximum Gasteiger partial charge on any atom is 0.306 e. The zero-order valence-corrected chi connectivity index (χ0v) is 11.8. The first kappa shape index (κ1) is 15.4. The van der Waals surface area contributed by atoms with Crippen LogP contribution in [0.15, 0.2) is 0 Å². The van der Waals surface area contributed by atoms with E-state index < -0.39 is 11.6 Å². The molecule has 4 heteroatoms. The molecule has 106 valence electrons. The van der Waals surface area contributed by atoms with Gasteiger partial charge in [-0.3, -0.25) is 4.79 Å². The van der Waals surface area contributed by atoms with Crippen molar-refractivity contribution in [2.75, 3.05) is 6.54 Å². The van der Waals surface area contributed by atoms with E-state index in [0.717, 1.165) is 12.8 Å². The Labute approximate surface area is 110 Å². The quantitative estimate of drug-likeness (QED) is 0.682. The van der Waals surface area contributed by atoms with Gasteiger partial charge < -0.3 is 15.5 Å². The van der Waals surface area contributed by atoms with Gasteiger partial charge in [-0.15, -0.1) is 0 Å². The molecule has 1 aliphatic carbocycles. The summed E-state index contributed by atoms with van der Waals surface area (Å²) in [4.78, 5) is 10.9. The second kappa shape index (κ2) is 6.02. The van der Waals surface area contributed by atoms with Gasteiger partial charge in [-0.25, -0.2) is 0 Å². The summed E-state index contributed by atoms with van der Waals surface area (Å²) >= 11 is 0. The number of carboxylic acids is 1. The second-order valence-corrected chi connectivity index (χ2v) is 6.32. The van der Waals surface area contributed by atoms with E-state index in [4.69, 9.17) is 5.11 Å². The van der Waals surface area contributed by atoms with Crippen LogP contribution in [0, 0.1) is 5.92 Å². The minimum absolute atomic E-state index is 0.0358. The molecule has 0 aliphatic heterocycles. The third-order valence-corrected chi connectivity index (χ3v) is 4.04. The summed E-state index contributed by atoms with van der Waals surface area (Å²) in [5.74, 6) is -0.995. The predicted molar refractivity (Wildman–Crippen MR) is 71.5 cm³/mol. The average molecular weight is 257 g/mol. The van der Waals surface area contributed by atoms with Gasteiger partial charge in [-0.2, -0.15) is 0 Å². The number of rotatable bonds is 6. The van der Waals surface area contributed by atoms with Gasteiger partial charge in [0, 0.05) is 12.1 Å². The van der Waals surface area contributed by atoms with Crippen LogP contribution in [-0.4, -0.2) is 33.9 Å². The fourth-order valence-corrected chi connectivity index (χ4v) is 2.70. The van der Waals surface area contributed by atoms with Crippen LogP contribution in [-0.2, 0) is 4.79 Å². The first-order valence-electron chi connectivity index (χ1n) is 6.98. The van der Waals surface area contributed by atoms with Gasteiger partial charge in [0.1, 0.15) is 0 Å². The van der Waals surface area contributed by atoms with Crippen molar-refractivity contribution in [3.63, 3.8) is 0 Å². The maximum absolute atomic E-state index is 10.9. The summed E-state index contributed by atoms with van der Waals surface area (Å²) in [6.07, 6.45) is 4.52. The van der Waals surface area contributed by atoms with E-state index in [9.17, 15) is 9.90 Å². The predicted octanol–water partition coefficient (Wildman–Crippen LogP) is 2.16. The standard InChI is InChI=1S/C14H27NO3/c1-4-7-13(2,3)15-10-14(18)8-5-11(6-9-14)12(16)17/h11,15,18H,4-10H2,1-3H3,(H,16,17). The largest absolute Gasteiger partial charge is 0.481 e. The molecular weight excluding hydrogens is 230 g/mol. The Balaban J connectivity index is 2.41. The molecule has 0 spiro atoms. The van der Waals surface area contributed by atoms with E-state index in [0.29, 0.717) is 32.2 Å². The number of carbonyl (C=O) groups is 1. The summed E-state index contributed by atoms with van der Waals surface area (Å²) in [5.41, 5.74) is -0.689. The van der Waals surface area contributed by atoms with Crippen molar-refractivity contribution in [2.24, 2.45) is 5.92 Å². The van der Waals surface area contributed by atoms with Crippen LogP contribution in [0.1, 0.15) is 59.3 Å². The molecule has 1 fully saturated rings. The van der Waals surface area contributed by atoms with E-state index in [-0.39, 0.29) is 11.5 Å². The lowest BCUT2D eigenvalue weighted by molar-refractivity contribution is -0.144. The van der Waals surface area contributed by atoms with Crippen molar-refractivity contribution in [1.29, 1.82) is 0 Å². The molecule has 0 aromatic rings. The monoisotopic (exact) mass is 257 g/mol. The van der Waals surface area contributed by atoms with Crippen molar-refractivity contribution in [3.8, 4) is 0 Å². The number of hydrogen-bond acceptors (Lipinski definition) is 3. The molecule has 0 saturated heterocycles. The molecule has 0 unspecified atom stereocenters. The molecule has 1 aliphatic rings. The molecule has 0 heterocycles. The van der Waals surface area contributed by atoms with Crippen molar-refractivity contribution >= 4 is 5.97 Å². The molecule has 18 heavy (non-hydrogen) atoms. The molecular formula is C14H27NO3. The highest BCUT2D eigenvalue weighted by Crippen LogP contribution is 2.32. The summed E-state index contributed by atoms with van der Waals surface area (Å²) in [6.45, 7) is 6.99. The molecule has 1 saturated carbocycles. The van der Waals surface area contributed by atoms with Crippen LogP contribution in [0.25, 0.3) is 0 Å². The number of carboxylic acid groups (broad SMARTS) is 1. The normalized spacial score (nSPS) is 29.2. The Bertz CT molecular complexity index is 281. The highest BCUT2D eigenvalue weighted by molar-refractivity contribution is 5.70. The molecule has 3 N–H and O–H groups in total. The van der Waals surface area contributed by atoms with E-state index >= 15 is 0 Å². The maximum atomic E-state index is 10.9. The number of nitrogens with one attached hydrogen (secondary N) is 1. The molecule has 4 nitrogen and oxygen atoms in total. The molecule has 1 rings (SSSR count). The molecule has 0 atom stereocenters. The van der Waals surface area contributed by atoms with Gasteiger partial charge >= 0.3 is 5.97 Å². The lowest BCUT2D eigenvalue weighted by atomic mass is 9.78. The third-order valence-electron chi connectivity index (χ3n) is 4.04. The van der Waals surface area contributed by atoms with Crippen LogP contribution in [0.4, 0.5) is 0 Å². The average Bonchev–Trinajstić information content (AvgIpc) is 2.27. The van der Waals surface area contributed by atoms with E-state index in [1.54, 1.807) is 0 Å². The van der Waals surface area contributed by atoms with Gasteiger partial charge in [-0.05, 0) is 46.0 Å². The fraction of sp³-hybridized carbons (Fsp3) is 0.929. The summed E-state index contributed by atoms with van der Waals surface area (Å²) < 4.78 is 0. The van der Waals surface area contributed by atoms with Crippen molar-refractivity contribution < 1.29 is 15.0 Å². The third kappa shape index (κ3) is 4.58. The highest BCUT2D eigenvalue weighted by Gasteiger charge is 2.36. The summed E-state index contributed by atoms with van der Waals surface area (Å²) in [6, 6.07) is 0. The Morgan fingerprint density at radius 3 is 2.39 bits per heavy atom. The van der Waals surface area contributed by atoms with Gasteiger partial charge in [0.2, 0.25) is 0 Å². The van der Waals surface area contributed by atoms with Crippen molar-refractivity contribution in [2.45, 2.75) is 70.4 Å². The first-order valence-corrected chi connectivity index (χ1v) is 6.98. The SMILES string of the molecule is CCCC(C)(C)NCC1(O)CCC(C(=O)O)CC1. The Morgan fingerprint density at radius 1 is 1.39 bits per heavy atom. The van der Waals surface area contributed by atoms with E-state index in [1.807, 2.05) is 0 Å². The lowest BCUT2D eigenvalue weighted by Gasteiger charge is -2.38. The smallest absolute Gasteiger partial charge is 0.306 e. The number of β-amino-alcohol motifs (C(OH)–C–C–N with tert-alkyl or cyclic N) is 1. The highest BCUT2D eigenvalue weighted by atomic mass is 16.4. The zero-order valence-electron chi connectivity index (χ0n) is 11.8.